The van der Waals surface area contributed by atoms with E-state index < -0.39 is 10.6 Å². The number of aryl methyl sites for hydroxylation is 1. The molecule has 0 unspecified atom stereocenters. The SMILES string of the molecule is CCCCc1nc2ccc(Br)cc2c(=O)n1N=Cc1cc(Cl)c(OCC#N)c([N+](=O)[O-])c1. The molecule has 0 radical (unpaired) electrons. The maximum absolute atomic E-state index is 13.1. The van der Waals surface area contributed by atoms with Gasteiger partial charge in [0.1, 0.15) is 11.9 Å². The minimum atomic E-state index is -0.663. The first-order chi connectivity index (χ1) is 15.3. The number of nitriles is 1. The minimum Gasteiger partial charge on any atom is -0.470 e. The number of unbranched alkanes of at least 4 members (excludes halogenated alkanes) is 1. The Hall–Kier alpha value is -3.29. The number of hydrogen-bond acceptors (Lipinski definition) is 7. The van der Waals surface area contributed by atoms with Crippen LogP contribution in [0.2, 0.25) is 5.02 Å². The summed E-state index contributed by atoms with van der Waals surface area (Å²) in [6, 6.07) is 9.60. The largest absolute Gasteiger partial charge is 0.470 e. The molecule has 32 heavy (non-hydrogen) atoms. The summed E-state index contributed by atoms with van der Waals surface area (Å²) in [5.74, 6) is 0.283. The van der Waals surface area contributed by atoms with E-state index in [0.717, 1.165) is 17.3 Å². The molecular formula is C21H17BrClN5O4. The highest BCUT2D eigenvalue weighted by Crippen LogP contribution is 2.35. The number of rotatable bonds is 8. The van der Waals surface area contributed by atoms with Crippen molar-refractivity contribution < 1.29 is 9.66 Å². The zero-order valence-electron chi connectivity index (χ0n) is 16.9. The van der Waals surface area contributed by atoms with Crippen LogP contribution >= 0.6 is 27.5 Å². The summed E-state index contributed by atoms with van der Waals surface area (Å²) < 4.78 is 7.02. The second kappa shape index (κ2) is 10.3. The smallest absolute Gasteiger partial charge is 0.313 e. The lowest BCUT2D eigenvalue weighted by molar-refractivity contribution is -0.385. The Morgan fingerprint density at radius 1 is 1.41 bits per heavy atom. The van der Waals surface area contributed by atoms with E-state index in [1.165, 1.54) is 23.0 Å². The molecular weight excluding hydrogens is 502 g/mol. The van der Waals surface area contributed by atoms with E-state index in [0.29, 0.717) is 23.1 Å². The molecule has 0 aliphatic heterocycles. The van der Waals surface area contributed by atoms with E-state index in [4.69, 9.17) is 21.6 Å². The maximum atomic E-state index is 13.1. The van der Waals surface area contributed by atoms with Crippen LogP contribution in [0.3, 0.4) is 0 Å². The van der Waals surface area contributed by atoms with E-state index in [-0.39, 0.29) is 28.5 Å². The molecule has 0 N–H and O–H groups in total. The third-order valence-corrected chi connectivity index (χ3v) is 5.25. The molecule has 1 heterocycles. The van der Waals surface area contributed by atoms with Gasteiger partial charge < -0.3 is 4.74 Å². The Morgan fingerprint density at radius 3 is 2.88 bits per heavy atom. The molecule has 0 atom stereocenters. The molecule has 2 aromatic carbocycles. The molecule has 0 aliphatic carbocycles. The first-order valence-electron chi connectivity index (χ1n) is 9.59. The van der Waals surface area contributed by atoms with Gasteiger partial charge in [-0.15, -0.1) is 0 Å². The fourth-order valence-electron chi connectivity index (χ4n) is 2.99. The van der Waals surface area contributed by atoms with E-state index in [2.05, 4.69) is 26.0 Å². The van der Waals surface area contributed by atoms with Gasteiger partial charge in [0, 0.05) is 22.5 Å². The Balaban J connectivity index is 2.11. The molecule has 3 rings (SSSR count). The van der Waals surface area contributed by atoms with Crippen LogP contribution in [0.4, 0.5) is 5.69 Å². The van der Waals surface area contributed by atoms with Gasteiger partial charge in [0.2, 0.25) is 5.75 Å². The van der Waals surface area contributed by atoms with Crippen molar-refractivity contribution >= 4 is 50.3 Å². The maximum Gasteiger partial charge on any atom is 0.313 e. The fourth-order valence-corrected chi connectivity index (χ4v) is 3.63. The summed E-state index contributed by atoms with van der Waals surface area (Å²) in [5, 5.41) is 24.7. The Kier molecular flexibility index (Phi) is 7.56. The number of benzene rings is 2. The second-order valence-electron chi connectivity index (χ2n) is 6.71. The van der Waals surface area contributed by atoms with Crippen molar-refractivity contribution in [3.63, 3.8) is 0 Å². The van der Waals surface area contributed by atoms with Crippen molar-refractivity contribution in [1.82, 2.24) is 9.66 Å². The molecule has 0 amide bonds. The predicted molar refractivity (Wildman–Crippen MR) is 125 cm³/mol. The zero-order valence-corrected chi connectivity index (χ0v) is 19.3. The number of halogens is 2. The standard InChI is InChI=1S/C21H17BrClN5O4/c1-2-3-4-19-26-17-6-5-14(22)11-15(17)21(29)27(19)25-12-13-9-16(23)20(32-8-7-24)18(10-13)28(30)31/h5-6,9-12H,2-4,8H2,1H3. The van der Waals surface area contributed by atoms with Crippen molar-refractivity contribution in [2.45, 2.75) is 26.2 Å². The summed E-state index contributed by atoms with van der Waals surface area (Å²) in [6.07, 6.45) is 3.56. The van der Waals surface area contributed by atoms with Crippen molar-refractivity contribution in [2.75, 3.05) is 6.61 Å². The quantitative estimate of drug-likeness (QED) is 0.239. The van der Waals surface area contributed by atoms with Crippen LogP contribution in [-0.2, 0) is 6.42 Å². The predicted octanol–water partition coefficient (Wildman–Crippen LogP) is 4.85. The number of nitro benzene ring substituents is 1. The van der Waals surface area contributed by atoms with Gasteiger partial charge >= 0.3 is 5.69 Å². The van der Waals surface area contributed by atoms with Crippen molar-refractivity contribution in [3.8, 4) is 11.8 Å². The lowest BCUT2D eigenvalue weighted by atomic mass is 10.2. The average molecular weight is 519 g/mol. The highest BCUT2D eigenvalue weighted by atomic mass is 79.9. The Morgan fingerprint density at radius 2 is 2.19 bits per heavy atom. The zero-order chi connectivity index (χ0) is 23.3. The van der Waals surface area contributed by atoms with Gasteiger partial charge in [0.25, 0.3) is 5.56 Å². The van der Waals surface area contributed by atoms with Gasteiger partial charge in [0.15, 0.2) is 6.61 Å². The summed E-state index contributed by atoms with van der Waals surface area (Å²) in [4.78, 5) is 28.5. The molecule has 0 bridgehead atoms. The lowest BCUT2D eigenvalue weighted by Gasteiger charge is -2.09. The van der Waals surface area contributed by atoms with Crippen LogP contribution in [0.25, 0.3) is 10.9 Å². The van der Waals surface area contributed by atoms with Crippen LogP contribution in [0.5, 0.6) is 5.75 Å². The topological polar surface area (TPSA) is 123 Å². The molecule has 1 aromatic heterocycles. The van der Waals surface area contributed by atoms with Crippen molar-refractivity contribution in [1.29, 1.82) is 5.26 Å². The number of ether oxygens (including phenoxy) is 1. The molecule has 11 heteroatoms. The van der Waals surface area contributed by atoms with E-state index >= 15 is 0 Å². The van der Waals surface area contributed by atoms with E-state index in [1.54, 1.807) is 18.2 Å². The number of hydrogen-bond donors (Lipinski definition) is 0. The summed E-state index contributed by atoms with van der Waals surface area (Å²) in [7, 11) is 0. The third kappa shape index (κ3) is 5.12. The van der Waals surface area contributed by atoms with Crippen LogP contribution in [0.15, 0.2) is 44.7 Å². The van der Waals surface area contributed by atoms with Crippen molar-refractivity contribution in [2.24, 2.45) is 5.10 Å². The first-order valence-corrected chi connectivity index (χ1v) is 10.8. The van der Waals surface area contributed by atoms with Gasteiger partial charge in [-0.3, -0.25) is 14.9 Å². The van der Waals surface area contributed by atoms with Gasteiger partial charge in [-0.1, -0.05) is 40.9 Å². The molecule has 0 fully saturated rings. The number of nitrogens with zero attached hydrogens (tertiary/aromatic N) is 5. The van der Waals surface area contributed by atoms with Crippen LogP contribution < -0.4 is 10.3 Å². The molecule has 9 nitrogen and oxygen atoms in total. The average Bonchev–Trinajstić information content (AvgIpc) is 2.76. The Labute approximate surface area is 196 Å². The number of aromatic nitrogens is 2. The summed E-state index contributed by atoms with van der Waals surface area (Å²) >= 11 is 9.49. The monoisotopic (exact) mass is 517 g/mol. The Bertz CT molecular complexity index is 1320. The van der Waals surface area contributed by atoms with Gasteiger partial charge in [-0.05, 0) is 30.7 Å². The number of fused-ring (bicyclic) bond motifs is 1. The van der Waals surface area contributed by atoms with Gasteiger partial charge in [-0.25, -0.2) is 4.98 Å². The lowest BCUT2D eigenvalue weighted by Crippen LogP contribution is -2.22. The molecule has 0 spiro atoms. The van der Waals surface area contributed by atoms with E-state index in [9.17, 15) is 14.9 Å². The van der Waals surface area contributed by atoms with Crippen LogP contribution in [0.1, 0.15) is 31.2 Å². The molecule has 0 saturated heterocycles. The van der Waals surface area contributed by atoms with E-state index in [1.807, 2.05) is 13.0 Å². The van der Waals surface area contributed by atoms with Crippen LogP contribution in [0, 0.1) is 21.4 Å². The molecule has 164 valence electrons. The van der Waals surface area contributed by atoms with Crippen molar-refractivity contribution in [3.05, 3.63) is 71.7 Å². The summed E-state index contributed by atoms with van der Waals surface area (Å²) in [5.41, 5.74) is 0.0867. The first kappa shape index (κ1) is 23.4. The molecule has 3 aromatic rings. The summed E-state index contributed by atoms with van der Waals surface area (Å²) in [6.45, 7) is 1.64. The third-order valence-electron chi connectivity index (χ3n) is 4.48. The number of nitro groups is 1. The van der Waals surface area contributed by atoms with Gasteiger partial charge in [-0.2, -0.15) is 15.0 Å². The second-order valence-corrected chi connectivity index (χ2v) is 8.03. The molecule has 0 saturated carbocycles. The minimum absolute atomic E-state index is 0.0463. The van der Waals surface area contributed by atoms with Crippen LogP contribution in [-0.4, -0.2) is 27.4 Å². The molecule has 0 aliphatic rings. The fraction of sp³-hybridized carbons (Fsp3) is 0.238. The van der Waals surface area contributed by atoms with Gasteiger partial charge in [0.05, 0.1) is 27.1 Å². The highest BCUT2D eigenvalue weighted by molar-refractivity contribution is 9.10. The normalized spacial score (nSPS) is 11.1. The highest BCUT2D eigenvalue weighted by Gasteiger charge is 2.20.